The molecule has 92 valence electrons. The molecule has 0 unspecified atom stereocenters. The first-order chi connectivity index (χ1) is 8.08. The Morgan fingerprint density at radius 2 is 2.06 bits per heavy atom. The predicted octanol–water partition coefficient (Wildman–Crippen LogP) is 1.63. The van der Waals surface area contributed by atoms with E-state index in [0.717, 1.165) is 17.0 Å². The lowest BCUT2D eigenvalue weighted by Gasteiger charge is -2.20. The van der Waals surface area contributed by atoms with Gasteiger partial charge in [-0.15, -0.1) is 0 Å². The molecule has 0 saturated carbocycles. The van der Waals surface area contributed by atoms with Crippen LogP contribution in [0.2, 0.25) is 0 Å². The summed E-state index contributed by atoms with van der Waals surface area (Å²) in [6.45, 7) is 2.68. The molecule has 1 aromatic carbocycles. The standard InChI is InChI=1S/C12H15NO4/c1-8-5-10-11(17-7-16-10)6-9(8)13(2)4-3-12(14)15/h5-6H,3-4,7H2,1-2H3,(H,14,15). The average Bonchev–Trinajstić information content (AvgIpc) is 2.71. The second kappa shape index (κ2) is 4.53. The highest BCUT2D eigenvalue weighted by atomic mass is 16.7. The monoisotopic (exact) mass is 237 g/mol. The lowest BCUT2D eigenvalue weighted by molar-refractivity contribution is -0.136. The van der Waals surface area contributed by atoms with Crippen LogP contribution in [0.5, 0.6) is 11.5 Å². The van der Waals surface area contributed by atoms with E-state index in [1.54, 1.807) is 0 Å². The molecule has 0 atom stereocenters. The Hall–Kier alpha value is -1.91. The number of carboxylic acids is 1. The summed E-state index contributed by atoms with van der Waals surface area (Å²) in [6, 6.07) is 3.80. The molecule has 1 heterocycles. The molecule has 5 nitrogen and oxygen atoms in total. The molecule has 2 rings (SSSR count). The van der Waals surface area contributed by atoms with E-state index in [1.807, 2.05) is 31.0 Å². The highest BCUT2D eigenvalue weighted by molar-refractivity contribution is 5.68. The number of nitrogens with zero attached hydrogens (tertiary/aromatic N) is 1. The Kier molecular flexibility index (Phi) is 3.08. The van der Waals surface area contributed by atoms with Crippen molar-refractivity contribution in [2.24, 2.45) is 0 Å². The van der Waals surface area contributed by atoms with E-state index in [-0.39, 0.29) is 13.2 Å². The van der Waals surface area contributed by atoms with Crippen LogP contribution in [0.25, 0.3) is 0 Å². The van der Waals surface area contributed by atoms with Crippen LogP contribution in [0.3, 0.4) is 0 Å². The van der Waals surface area contributed by atoms with Gasteiger partial charge in [-0.2, -0.15) is 0 Å². The van der Waals surface area contributed by atoms with Crippen molar-refractivity contribution in [2.75, 3.05) is 25.3 Å². The van der Waals surface area contributed by atoms with Crippen molar-refractivity contribution in [1.29, 1.82) is 0 Å². The highest BCUT2D eigenvalue weighted by Crippen LogP contribution is 2.37. The fourth-order valence-corrected chi connectivity index (χ4v) is 1.83. The number of hydrogen-bond donors (Lipinski definition) is 1. The van der Waals surface area contributed by atoms with Crippen LogP contribution < -0.4 is 14.4 Å². The van der Waals surface area contributed by atoms with Gasteiger partial charge in [0, 0.05) is 25.3 Å². The highest BCUT2D eigenvalue weighted by Gasteiger charge is 2.17. The van der Waals surface area contributed by atoms with Crippen LogP contribution in [0.1, 0.15) is 12.0 Å². The van der Waals surface area contributed by atoms with E-state index in [2.05, 4.69) is 0 Å². The number of carbonyl (C=O) groups is 1. The maximum absolute atomic E-state index is 10.5. The third-order valence-corrected chi connectivity index (χ3v) is 2.76. The summed E-state index contributed by atoms with van der Waals surface area (Å²) in [5.41, 5.74) is 2.01. The molecule has 1 aliphatic heterocycles. The van der Waals surface area contributed by atoms with Crippen molar-refractivity contribution >= 4 is 11.7 Å². The molecule has 1 aliphatic rings. The van der Waals surface area contributed by atoms with Crippen molar-refractivity contribution < 1.29 is 19.4 Å². The molecule has 1 aromatic rings. The minimum absolute atomic E-state index is 0.115. The summed E-state index contributed by atoms with van der Waals surface area (Å²) in [5.74, 6) is 0.668. The second-order valence-electron chi connectivity index (χ2n) is 4.06. The summed E-state index contributed by atoms with van der Waals surface area (Å²) >= 11 is 0. The van der Waals surface area contributed by atoms with Gasteiger partial charge in [-0.3, -0.25) is 4.79 Å². The van der Waals surface area contributed by atoms with E-state index < -0.39 is 5.97 Å². The molecule has 0 aromatic heterocycles. The maximum Gasteiger partial charge on any atom is 0.305 e. The van der Waals surface area contributed by atoms with Gasteiger partial charge < -0.3 is 19.5 Å². The molecule has 0 amide bonds. The summed E-state index contributed by atoms with van der Waals surface area (Å²) in [5, 5.41) is 8.66. The Bertz CT molecular complexity index is 444. The molecule has 5 heteroatoms. The first-order valence-corrected chi connectivity index (χ1v) is 5.41. The SMILES string of the molecule is Cc1cc2c(cc1N(C)CCC(=O)O)OCO2. The number of ether oxygens (including phenoxy) is 2. The number of benzene rings is 1. The largest absolute Gasteiger partial charge is 0.481 e. The van der Waals surface area contributed by atoms with E-state index in [4.69, 9.17) is 14.6 Å². The first-order valence-electron chi connectivity index (χ1n) is 5.41. The lowest BCUT2D eigenvalue weighted by Crippen LogP contribution is -2.21. The molecule has 0 aliphatic carbocycles. The number of anilines is 1. The Morgan fingerprint density at radius 3 is 2.71 bits per heavy atom. The number of hydrogen-bond acceptors (Lipinski definition) is 4. The number of aliphatic carboxylic acids is 1. The van der Waals surface area contributed by atoms with Gasteiger partial charge in [-0.25, -0.2) is 0 Å². The van der Waals surface area contributed by atoms with Crippen molar-refractivity contribution in [3.8, 4) is 11.5 Å². The number of fused-ring (bicyclic) bond motifs is 1. The Labute approximate surface area is 99.6 Å². The molecular weight excluding hydrogens is 222 g/mol. The Morgan fingerprint density at radius 1 is 1.41 bits per heavy atom. The van der Waals surface area contributed by atoms with E-state index in [9.17, 15) is 4.79 Å². The zero-order valence-electron chi connectivity index (χ0n) is 9.90. The topological polar surface area (TPSA) is 59.0 Å². The van der Waals surface area contributed by atoms with Crippen molar-refractivity contribution in [3.05, 3.63) is 17.7 Å². The number of rotatable bonds is 4. The molecular formula is C12H15NO4. The van der Waals surface area contributed by atoms with Gasteiger partial charge in [-0.1, -0.05) is 0 Å². The zero-order valence-corrected chi connectivity index (χ0v) is 9.90. The fourth-order valence-electron chi connectivity index (χ4n) is 1.83. The molecule has 0 spiro atoms. The normalized spacial score (nSPS) is 12.6. The van der Waals surface area contributed by atoms with E-state index in [0.29, 0.717) is 12.3 Å². The minimum atomic E-state index is -0.796. The van der Waals surface area contributed by atoms with Crippen molar-refractivity contribution in [1.82, 2.24) is 0 Å². The van der Waals surface area contributed by atoms with Gasteiger partial charge >= 0.3 is 5.97 Å². The van der Waals surface area contributed by atoms with E-state index in [1.165, 1.54) is 0 Å². The van der Waals surface area contributed by atoms with Gasteiger partial charge in [0.15, 0.2) is 11.5 Å². The van der Waals surface area contributed by atoms with Crippen LogP contribution in [-0.4, -0.2) is 31.5 Å². The van der Waals surface area contributed by atoms with Crippen molar-refractivity contribution in [3.63, 3.8) is 0 Å². The zero-order chi connectivity index (χ0) is 12.4. The minimum Gasteiger partial charge on any atom is -0.481 e. The molecule has 17 heavy (non-hydrogen) atoms. The number of carboxylic acid groups (broad SMARTS) is 1. The van der Waals surface area contributed by atoms with Gasteiger partial charge in [-0.05, 0) is 18.6 Å². The summed E-state index contributed by atoms with van der Waals surface area (Å²) in [4.78, 5) is 12.4. The molecule has 0 radical (unpaired) electrons. The predicted molar refractivity (Wildman–Crippen MR) is 62.8 cm³/mol. The van der Waals surface area contributed by atoms with Crippen LogP contribution in [-0.2, 0) is 4.79 Å². The van der Waals surface area contributed by atoms with Gasteiger partial charge in [0.1, 0.15) is 0 Å². The summed E-state index contributed by atoms with van der Waals surface area (Å²) in [7, 11) is 1.87. The quantitative estimate of drug-likeness (QED) is 0.862. The van der Waals surface area contributed by atoms with Crippen molar-refractivity contribution in [2.45, 2.75) is 13.3 Å². The fraction of sp³-hybridized carbons (Fsp3) is 0.417. The second-order valence-corrected chi connectivity index (χ2v) is 4.06. The third-order valence-electron chi connectivity index (χ3n) is 2.76. The maximum atomic E-state index is 10.5. The van der Waals surface area contributed by atoms with Crippen LogP contribution in [0, 0.1) is 6.92 Å². The lowest BCUT2D eigenvalue weighted by atomic mass is 10.1. The smallest absolute Gasteiger partial charge is 0.305 e. The van der Waals surface area contributed by atoms with E-state index >= 15 is 0 Å². The van der Waals surface area contributed by atoms with Gasteiger partial charge in [0.05, 0.1) is 6.42 Å². The average molecular weight is 237 g/mol. The van der Waals surface area contributed by atoms with Gasteiger partial charge in [0.2, 0.25) is 6.79 Å². The molecule has 0 bridgehead atoms. The number of aryl methyl sites for hydroxylation is 1. The summed E-state index contributed by atoms with van der Waals surface area (Å²) in [6.07, 6.45) is 0.115. The van der Waals surface area contributed by atoms with Crippen LogP contribution >= 0.6 is 0 Å². The molecule has 0 saturated heterocycles. The van der Waals surface area contributed by atoms with Crippen LogP contribution in [0.15, 0.2) is 12.1 Å². The first kappa shape index (κ1) is 11.6. The summed E-state index contributed by atoms with van der Waals surface area (Å²) < 4.78 is 10.6. The third kappa shape index (κ3) is 2.43. The van der Waals surface area contributed by atoms with Crippen LogP contribution in [0.4, 0.5) is 5.69 Å². The van der Waals surface area contributed by atoms with Gasteiger partial charge in [0.25, 0.3) is 0 Å². The molecule has 1 N–H and O–H groups in total. The Balaban J connectivity index is 2.17. The molecule has 0 fully saturated rings.